The van der Waals surface area contributed by atoms with Crippen molar-refractivity contribution in [2.24, 2.45) is 75.4 Å². The summed E-state index contributed by atoms with van der Waals surface area (Å²) >= 11 is 0. The molecule has 10 nitrogen and oxygen atoms in total. The highest BCUT2D eigenvalue weighted by Crippen LogP contribution is 2.87. The van der Waals surface area contributed by atoms with E-state index >= 15 is 9.90 Å². The Morgan fingerprint density at radius 1 is 0.765 bits per heavy atom. The van der Waals surface area contributed by atoms with E-state index < -0.39 is 98.6 Å². The van der Waals surface area contributed by atoms with Gasteiger partial charge in [-0.2, -0.15) is 0 Å². The molecule has 21 aliphatic carbocycles. The number of hydrogen-bond acceptors (Lipinski definition) is 10. The second-order valence-corrected chi connectivity index (χ2v) is 37.3. The summed E-state index contributed by atoms with van der Waals surface area (Å²) in [7, 11) is 1.55. The molecule has 0 aromatic heterocycles. The van der Waals surface area contributed by atoms with Crippen LogP contribution in [0.3, 0.4) is 0 Å². The quantitative estimate of drug-likeness (QED) is 0.0544. The largest absolute Gasteiger partial charge is 0.504 e. The molecular weight excluding hydrogens is 1260 g/mol. The number of aliphatic hydroxyl groups is 4. The van der Waals surface area contributed by atoms with Crippen molar-refractivity contribution in [3.05, 3.63) is 181 Å². The first-order chi connectivity index (χ1) is 49.6. The summed E-state index contributed by atoms with van der Waals surface area (Å²) < 4.78 is 5.99. The monoisotopic (exact) mass is 1360 g/mol. The maximum atomic E-state index is 18.6. The number of carbonyl (C=O) groups excluding carboxylic acids is 1. The summed E-state index contributed by atoms with van der Waals surface area (Å²) in [5.41, 5.74) is 12.8. The van der Waals surface area contributed by atoms with Crippen LogP contribution in [-0.2, 0) is 39.5 Å². The minimum atomic E-state index is -1.80. The van der Waals surface area contributed by atoms with Crippen LogP contribution >= 0.6 is 0 Å². The number of aliphatic hydroxyl groups excluding tert-OH is 3. The number of ketones is 1. The zero-order valence-corrected chi connectivity index (χ0v) is 58.6. The second kappa shape index (κ2) is 19.4. The van der Waals surface area contributed by atoms with E-state index in [0.717, 1.165) is 137 Å². The Morgan fingerprint density at radius 3 is 2.47 bits per heavy atom. The molecule has 1 heterocycles. The van der Waals surface area contributed by atoms with E-state index in [0.29, 0.717) is 55.6 Å². The average molecular weight is 1360 g/mol. The second-order valence-electron chi connectivity index (χ2n) is 37.3. The molecule has 22 aliphatic rings. The third kappa shape index (κ3) is 6.44. The standard InChI is InChI=1S/C92H93NO9/c1-102-75-40-58(50(45-94)34-73(75)98)57-37-74(99)80-53-20-28-85-24-10-15-69-56(17-16-48(57)31-47-11-3-2-4-12-47)83-91(80,101)30-29-87(93-69)43-52-32-49-33-67(70(95)38-59(49)65-35-51-13-9-25-86(51)46-89(52,65)76-42-64(86)61-39-71(96)72(97)41-66(61)92(76,83)87)88-26-6-5-14-62(88)54-18-19-55-63-21-27-84(22-7-8-23-84)90(63,44-77(85)100)82-79(78(54)55)68(88)36-60(53)81(82)85/h2-4,11-12,19-20,28,32-36,39-41,48,51-53,56-57,59,62-64,69-70,76-77,80,83,93-98,100-101H,5-9,13-15,18,21-23,25-27,29-31,37-38,42-46H2,1H3/t48-,51+,52-,53+,56+,57+,59+,62+,63-,64-,69-,70+,76-,77+,80+,83-,85-,86-,87-,88+,89-,90-,91-,92-/m0/s1. The molecule has 102 heavy (non-hydrogen) atoms. The lowest BCUT2D eigenvalue weighted by molar-refractivity contribution is -0.262. The van der Waals surface area contributed by atoms with Gasteiger partial charge in [-0.05, 0) is 258 Å². The van der Waals surface area contributed by atoms with E-state index in [1.807, 2.05) is 24.3 Å². The molecule has 19 bridgehead atoms. The molecule has 24 atom stereocenters. The molecule has 520 valence electrons. The molecule has 8 spiro atoms. The number of phenolic OH excluding ortho intramolecular Hbond substituents is 3. The molecule has 0 amide bonds. The summed E-state index contributed by atoms with van der Waals surface area (Å²) in [5.74, 6) is 12.7. The molecular formula is C92H93NO9. The van der Waals surface area contributed by atoms with Gasteiger partial charge in [0.1, 0.15) is 11.2 Å². The highest BCUT2D eigenvalue weighted by Gasteiger charge is 2.85. The van der Waals surface area contributed by atoms with Gasteiger partial charge in [-0.25, -0.2) is 0 Å². The van der Waals surface area contributed by atoms with Crippen molar-refractivity contribution in [2.75, 3.05) is 7.11 Å². The Hall–Kier alpha value is -6.89. The summed E-state index contributed by atoms with van der Waals surface area (Å²) in [4.78, 5) is 18.6. The summed E-state index contributed by atoms with van der Waals surface area (Å²) in [6.07, 6.45) is 34.2. The fourth-order valence-electron chi connectivity index (χ4n) is 32.4. The van der Waals surface area contributed by atoms with Crippen LogP contribution in [0.1, 0.15) is 221 Å². The number of aromatic hydroxyl groups is 3. The van der Waals surface area contributed by atoms with Crippen molar-refractivity contribution in [3.63, 3.8) is 0 Å². The van der Waals surface area contributed by atoms with Gasteiger partial charge in [-0.15, -0.1) is 5.92 Å². The molecule has 10 heteroatoms. The number of benzene rings is 4. The number of allylic oxidation sites excluding steroid dienone is 10. The molecule has 0 unspecified atom stereocenters. The Bertz CT molecular complexity index is 4940. The zero-order valence-electron chi connectivity index (χ0n) is 58.6. The van der Waals surface area contributed by atoms with Crippen molar-refractivity contribution in [1.29, 1.82) is 0 Å². The molecule has 26 rings (SSSR count). The van der Waals surface area contributed by atoms with E-state index in [1.54, 1.807) is 18.7 Å². The van der Waals surface area contributed by atoms with Crippen LogP contribution in [0.25, 0.3) is 5.57 Å². The fraction of sp³-hybridized carbons (Fsp3) is 0.554. The van der Waals surface area contributed by atoms with Crippen LogP contribution in [0, 0.1) is 99.1 Å². The van der Waals surface area contributed by atoms with Gasteiger partial charge < -0.3 is 45.8 Å². The van der Waals surface area contributed by atoms with Gasteiger partial charge in [0.25, 0.3) is 0 Å². The van der Waals surface area contributed by atoms with Gasteiger partial charge in [-0.1, -0.05) is 134 Å². The van der Waals surface area contributed by atoms with Crippen LogP contribution in [-0.4, -0.2) is 78.0 Å². The van der Waals surface area contributed by atoms with Gasteiger partial charge >= 0.3 is 0 Å². The van der Waals surface area contributed by atoms with E-state index in [9.17, 15) is 30.6 Å². The summed E-state index contributed by atoms with van der Waals surface area (Å²) in [6.45, 7) is -0.399. The van der Waals surface area contributed by atoms with Crippen molar-refractivity contribution in [2.45, 2.75) is 230 Å². The maximum absolute atomic E-state index is 18.6. The molecule has 4 aromatic carbocycles. The molecule has 7 saturated carbocycles. The highest BCUT2D eigenvalue weighted by molar-refractivity contribution is 5.96. The van der Waals surface area contributed by atoms with Crippen LogP contribution in [0.15, 0.2) is 125 Å². The number of piperidine rings is 1. The number of rotatable bonds is 5. The summed E-state index contributed by atoms with van der Waals surface area (Å²) in [6, 6.07) is 20.0. The highest BCUT2D eigenvalue weighted by atomic mass is 16.5. The molecule has 1 saturated heterocycles. The SMILES string of the molecule is COc1cc([C@@H]2CC(=O)[C@H]3[C@@H]4C=C[C@@]56C#CC[C@@H]7N[C@]89CC[C@@]3(O)[C@H]([C@@H]7C#C[C@H]2Cc2ccccc2)[C@@]82c3cc(O)c(O)cc3[C@@H]3C[C@H]2[C@]27C[C@]38CCC[C@@H]8C=C2[C@@H]2C[C@@H](O)C(=CC2=C[C@H]7C9)[C@@]23CCCC[C@@H]2C2=C7C(=CC2)[C@@H]2CCC8(CCCC8)[C@]2(C[C@H]5O)c2c7c3cc4c26)c(CO)cc1O. The zero-order chi connectivity index (χ0) is 68.1. The van der Waals surface area contributed by atoms with Crippen LogP contribution in [0.4, 0.5) is 0 Å². The first kappa shape index (κ1) is 60.4. The number of hydrogen-bond donors (Lipinski definition) is 8. The van der Waals surface area contributed by atoms with Crippen molar-refractivity contribution in [1.82, 2.24) is 5.32 Å². The topological polar surface area (TPSA) is 180 Å². The predicted molar refractivity (Wildman–Crippen MR) is 386 cm³/mol. The van der Waals surface area contributed by atoms with E-state index in [2.05, 4.69) is 90.5 Å². The van der Waals surface area contributed by atoms with Gasteiger partial charge in [0.15, 0.2) is 23.0 Å². The minimum absolute atomic E-state index is 0.0258. The summed E-state index contributed by atoms with van der Waals surface area (Å²) in [5, 5.41) is 98.6. The fourth-order valence-corrected chi connectivity index (χ4v) is 32.4. The first-order valence-corrected chi connectivity index (χ1v) is 40.1. The van der Waals surface area contributed by atoms with Gasteiger partial charge in [0.05, 0.1) is 37.4 Å². The van der Waals surface area contributed by atoms with Gasteiger partial charge in [0, 0.05) is 81.6 Å². The number of methoxy groups -OCH3 is 1. The lowest BCUT2D eigenvalue weighted by atomic mass is 9.23. The van der Waals surface area contributed by atoms with E-state index in [1.165, 1.54) is 44.6 Å². The molecule has 8 fully saturated rings. The normalized spacial score (nSPS) is 46.1. The van der Waals surface area contributed by atoms with Crippen molar-refractivity contribution in [3.8, 4) is 46.7 Å². The van der Waals surface area contributed by atoms with Crippen LogP contribution < -0.4 is 10.1 Å². The third-order valence-electron chi connectivity index (χ3n) is 35.1. The Kier molecular flexibility index (Phi) is 11.5. The molecule has 4 aromatic rings. The van der Waals surface area contributed by atoms with Crippen LogP contribution in [0.2, 0.25) is 0 Å². The predicted octanol–water partition coefficient (Wildman–Crippen LogP) is 14.3. The van der Waals surface area contributed by atoms with Gasteiger partial charge in [0.2, 0.25) is 0 Å². The van der Waals surface area contributed by atoms with Gasteiger partial charge in [-0.3, -0.25) is 4.79 Å². The molecule has 1 aliphatic heterocycles. The first-order valence-electron chi connectivity index (χ1n) is 40.1. The maximum Gasteiger partial charge on any atom is 0.160 e. The average Bonchev–Trinajstić information content (AvgIpc) is 0.706. The Balaban J connectivity index is 0.896. The van der Waals surface area contributed by atoms with Crippen LogP contribution in [0.5, 0.6) is 23.0 Å². The molecule has 0 radical (unpaired) electrons. The number of carbonyl (C=O) groups is 1. The number of Topliss-reactive ketones (excluding diaryl/α,β-unsaturated/α-hetero) is 1. The Morgan fingerprint density at radius 2 is 1.62 bits per heavy atom. The van der Waals surface area contributed by atoms with Crippen molar-refractivity contribution >= 4 is 11.4 Å². The smallest absolute Gasteiger partial charge is 0.160 e. The number of ether oxygens (including phenoxy) is 1. The third-order valence-corrected chi connectivity index (χ3v) is 35.1. The number of fused-ring (bicyclic) bond motifs is 7. The minimum Gasteiger partial charge on any atom is -0.504 e. The number of phenols is 3. The van der Waals surface area contributed by atoms with E-state index in [4.69, 9.17) is 10.1 Å². The Labute approximate surface area is 598 Å². The molecule has 8 N–H and O–H groups in total. The van der Waals surface area contributed by atoms with E-state index in [-0.39, 0.29) is 81.5 Å². The lowest BCUT2D eigenvalue weighted by Crippen LogP contribution is -2.87. The number of nitrogens with one attached hydrogen (secondary N) is 1. The van der Waals surface area contributed by atoms with Crippen molar-refractivity contribution < 1.29 is 45.3 Å². The lowest BCUT2D eigenvalue weighted by Gasteiger charge is -2.82.